The number of rotatable bonds is 7. The van der Waals surface area contributed by atoms with Gasteiger partial charge in [0, 0.05) is 30.3 Å². The highest BCUT2D eigenvalue weighted by atomic mass is 16.5. The standard InChI is InChI=1S/C24H22N2O5/c1-16(27)31-22-8-4-6-19(14-22)24(29)26-20-7-3-5-17(13-20)15-25-23(28)18-9-11-21(30-2)12-10-18/h3-14H,15H2,1-2H3,(H,25,28)(H,26,29). The Bertz CT molecular complexity index is 1090. The third kappa shape index (κ3) is 6.17. The van der Waals surface area contributed by atoms with Crippen LogP contribution in [0.25, 0.3) is 0 Å². The van der Waals surface area contributed by atoms with E-state index in [1.54, 1.807) is 67.8 Å². The van der Waals surface area contributed by atoms with Crippen molar-refractivity contribution in [2.75, 3.05) is 12.4 Å². The van der Waals surface area contributed by atoms with E-state index in [0.29, 0.717) is 34.9 Å². The molecule has 0 atom stereocenters. The van der Waals surface area contributed by atoms with Gasteiger partial charge in [0.05, 0.1) is 7.11 Å². The molecular formula is C24H22N2O5. The van der Waals surface area contributed by atoms with Crippen molar-refractivity contribution in [3.8, 4) is 11.5 Å². The van der Waals surface area contributed by atoms with Gasteiger partial charge >= 0.3 is 5.97 Å². The predicted molar refractivity (Wildman–Crippen MR) is 116 cm³/mol. The van der Waals surface area contributed by atoms with Crippen molar-refractivity contribution in [3.63, 3.8) is 0 Å². The van der Waals surface area contributed by atoms with Crippen LogP contribution in [0.4, 0.5) is 5.69 Å². The van der Waals surface area contributed by atoms with Crippen molar-refractivity contribution in [1.29, 1.82) is 0 Å². The maximum absolute atomic E-state index is 12.5. The molecule has 7 heteroatoms. The Balaban J connectivity index is 1.61. The molecule has 0 saturated carbocycles. The molecule has 0 saturated heterocycles. The fourth-order valence-corrected chi connectivity index (χ4v) is 2.86. The fraction of sp³-hybridized carbons (Fsp3) is 0.125. The monoisotopic (exact) mass is 418 g/mol. The summed E-state index contributed by atoms with van der Waals surface area (Å²) in [5, 5.41) is 5.65. The number of methoxy groups -OCH3 is 1. The summed E-state index contributed by atoms with van der Waals surface area (Å²) in [6.07, 6.45) is 0. The van der Waals surface area contributed by atoms with E-state index in [2.05, 4.69) is 10.6 Å². The SMILES string of the molecule is COc1ccc(C(=O)NCc2cccc(NC(=O)c3cccc(OC(C)=O)c3)c2)cc1. The molecule has 2 N–H and O–H groups in total. The molecule has 2 amide bonds. The van der Waals surface area contributed by atoms with Crippen LogP contribution in [0.1, 0.15) is 33.2 Å². The first-order valence-corrected chi connectivity index (χ1v) is 9.55. The van der Waals surface area contributed by atoms with E-state index in [9.17, 15) is 14.4 Å². The minimum absolute atomic E-state index is 0.209. The second kappa shape index (κ2) is 10.1. The maximum atomic E-state index is 12.5. The Kier molecular flexibility index (Phi) is 7.01. The summed E-state index contributed by atoms with van der Waals surface area (Å²) >= 11 is 0. The van der Waals surface area contributed by atoms with Crippen LogP contribution < -0.4 is 20.1 Å². The number of nitrogens with one attached hydrogen (secondary N) is 2. The van der Waals surface area contributed by atoms with Crippen molar-refractivity contribution in [3.05, 3.63) is 89.5 Å². The number of ether oxygens (including phenoxy) is 2. The normalized spacial score (nSPS) is 10.1. The van der Waals surface area contributed by atoms with E-state index in [0.717, 1.165) is 5.56 Å². The molecule has 3 aromatic rings. The van der Waals surface area contributed by atoms with Gasteiger partial charge in [-0.1, -0.05) is 18.2 Å². The maximum Gasteiger partial charge on any atom is 0.308 e. The first-order valence-electron chi connectivity index (χ1n) is 9.55. The fourth-order valence-electron chi connectivity index (χ4n) is 2.86. The van der Waals surface area contributed by atoms with Crippen molar-refractivity contribution in [1.82, 2.24) is 5.32 Å². The van der Waals surface area contributed by atoms with Gasteiger partial charge in [-0.3, -0.25) is 14.4 Å². The second-order valence-corrected chi connectivity index (χ2v) is 6.69. The van der Waals surface area contributed by atoms with Gasteiger partial charge < -0.3 is 20.1 Å². The Morgan fingerprint density at radius 2 is 1.55 bits per heavy atom. The number of hydrogen-bond acceptors (Lipinski definition) is 5. The lowest BCUT2D eigenvalue weighted by Crippen LogP contribution is -2.22. The Morgan fingerprint density at radius 3 is 2.26 bits per heavy atom. The molecule has 3 rings (SSSR count). The highest BCUT2D eigenvalue weighted by molar-refractivity contribution is 6.04. The van der Waals surface area contributed by atoms with Gasteiger partial charge in [0.1, 0.15) is 11.5 Å². The molecule has 0 fully saturated rings. The van der Waals surface area contributed by atoms with Gasteiger partial charge in [0.15, 0.2) is 0 Å². The molecule has 7 nitrogen and oxygen atoms in total. The molecule has 0 aliphatic rings. The second-order valence-electron chi connectivity index (χ2n) is 6.69. The van der Waals surface area contributed by atoms with E-state index in [1.807, 2.05) is 6.07 Å². The summed E-state index contributed by atoms with van der Waals surface area (Å²) < 4.78 is 10.1. The van der Waals surface area contributed by atoms with Crippen molar-refractivity contribution < 1.29 is 23.9 Å². The molecule has 0 spiro atoms. The minimum Gasteiger partial charge on any atom is -0.497 e. The van der Waals surface area contributed by atoms with E-state index in [4.69, 9.17) is 9.47 Å². The van der Waals surface area contributed by atoms with Crippen molar-refractivity contribution in [2.45, 2.75) is 13.5 Å². The quantitative estimate of drug-likeness (QED) is 0.450. The average molecular weight is 418 g/mol. The third-order valence-corrected chi connectivity index (χ3v) is 4.35. The van der Waals surface area contributed by atoms with Gasteiger partial charge in [-0.15, -0.1) is 0 Å². The zero-order valence-electron chi connectivity index (χ0n) is 17.2. The number of benzene rings is 3. The zero-order chi connectivity index (χ0) is 22.2. The Hall–Kier alpha value is -4.13. The van der Waals surface area contributed by atoms with E-state index in [1.165, 1.54) is 13.0 Å². The summed E-state index contributed by atoms with van der Waals surface area (Å²) in [7, 11) is 1.57. The largest absolute Gasteiger partial charge is 0.497 e. The van der Waals surface area contributed by atoms with E-state index in [-0.39, 0.29) is 11.8 Å². The van der Waals surface area contributed by atoms with Crippen LogP contribution in [-0.4, -0.2) is 24.9 Å². The van der Waals surface area contributed by atoms with Gasteiger partial charge in [-0.2, -0.15) is 0 Å². The number of amides is 2. The lowest BCUT2D eigenvalue weighted by molar-refractivity contribution is -0.131. The molecular weight excluding hydrogens is 396 g/mol. The topological polar surface area (TPSA) is 93.7 Å². The number of carbonyl (C=O) groups is 3. The summed E-state index contributed by atoms with van der Waals surface area (Å²) in [6.45, 7) is 1.60. The molecule has 0 radical (unpaired) electrons. The molecule has 0 aliphatic carbocycles. The van der Waals surface area contributed by atoms with Gasteiger partial charge in [0.2, 0.25) is 0 Å². The number of esters is 1. The molecule has 0 bridgehead atoms. The summed E-state index contributed by atoms with van der Waals surface area (Å²) in [5.41, 5.74) is 2.29. The Morgan fingerprint density at radius 1 is 0.806 bits per heavy atom. The van der Waals surface area contributed by atoms with Crippen molar-refractivity contribution in [2.24, 2.45) is 0 Å². The lowest BCUT2D eigenvalue weighted by atomic mass is 10.1. The molecule has 0 unspecified atom stereocenters. The molecule has 0 aromatic heterocycles. The summed E-state index contributed by atoms with van der Waals surface area (Å²) in [5.74, 6) is -0.0247. The average Bonchev–Trinajstić information content (AvgIpc) is 2.77. The van der Waals surface area contributed by atoms with Crippen LogP contribution in [0, 0.1) is 0 Å². The molecule has 0 aliphatic heterocycles. The Labute approximate surface area is 180 Å². The number of anilines is 1. The summed E-state index contributed by atoms with van der Waals surface area (Å²) in [6, 6.07) is 20.4. The zero-order valence-corrected chi connectivity index (χ0v) is 17.2. The van der Waals surface area contributed by atoms with Crippen LogP contribution in [0.5, 0.6) is 11.5 Å². The van der Waals surface area contributed by atoms with E-state index < -0.39 is 5.97 Å². The number of carbonyl (C=O) groups excluding carboxylic acids is 3. The molecule has 158 valence electrons. The highest BCUT2D eigenvalue weighted by Crippen LogP contribution is 2.17. The highest BCUT2D eigenvalue weighted by Gasteiger charge is 2.10. The van der Waals surface area contributed by atoms with Gasteiger partial charge in [-0.25, -0.2) is 0 Å². The summed E-state index contributed by atoms with van der Waals surface area (Å²) in [4.78, 5) is 35.9. The first-order chi connectivity index (χ1) is 14.9. The molecule has 3 aromatic carbocycles. The molecule has 31 heavy (non-hydrogen) atoms. The minimum atomic E-state index is -0.457. The lowest BCUT2D eigenvalue weighted by Gasteiger charge is -2.10. The smallest absolute Gasteiger partial charge is 0.308 e. The van der Waals surface area contributed by atoms with Crippen LogP contribution in [0.15, 0.2) is 72.8 Å². The predicted octanol–water partition coefficient (Wildman–Crippen LogP) is 3.80. The van der Waals surface area contributed by atoms with Crippen LogP contribution in [0.2, 0.25) is 0 Å². The van der Waals surface area contributed by atoms with Crippen LogP contribution in [-0.2, 0) is 11.3 Å². The molecule has 0 heterocycles. The first kappa shape index (κ1) is 21.6. The third-order valence-electron chi connectivity index (χ3n) is 4.35. The van der Waals surface area contributed by atoms with Crippen molar-refractivity contribution >= 4 is 23.5 Å². The van der Waals surface area contributed by atoms with Crippen LogP contribution in [0.3, 0.4) is 0 Å². The van der Waals surface area contributed by atoms with Gasteiger partial charge in [-0.05, 0) is 60.2 Å². The van der Waals surface area contributed by atoms with Crippen LogP contribution >= 0.6 is 0 Å². The van der Waals surface area contributed by atoms with E-state index >= 15 is 0 Å². The van der Waals surface area contributed by atoms with Gasteiger partial charge in [0.25, 0.3) is 11.8 Å². The number of hydrogen-bond donors (Lipinski definition) is 2.